The van der Waals surface area contributed by atoms with E-state index in [0.717, 1.165) is 43.9 Å². The van der Waals surface area contributed by atoms with Crippen molar-refractivity contribution in [1.29, 1.82) is 0 Å². The van der Waals surface area contributed by atoms with Crippen molar-refractivity contribution in [2.75, 3.05) is 6.54 Å². The van der Waals surface area contributed by atoms with Crippen molar-refractivity contribution < 1.29 is 23.1 Å². The highest BCUT2D eigenvalue weighted by Gasteiger charge is 2.50. The van der Waals surface area contributed by atoms with Crippen molar-refractivity contribution in [3.63, 3.8) is 0 Å². The Morgan fingerprint density at radius 3 is 2.72 bits per heavy atom. The number of allylic oxidation sites excluding steroid dienone is 2. The van der Waals surface area contributed by atoms with E-state index in [0.29, 0.717) is 29.9 Å². The highest BCUT2D eigenvalue weighted by molar-refractivity contribution is 7.10. The number of aromatic amines is 1. The Morgan fingerprint density at radius 2 is 2.00 bits per heavy atom. The second kappa shape index (κ2) is 9.75. The molecule has 1 aromatic carbocycles. The van der Waals surface area contributed by atoms with E-state index in [1.165, 1.54) is 33.4 Å². The molecule has 1 fully saturated rings. The third kappa shape index (κ3) is 4.84. The number of nitrogens with one attached hydrogen (secondary N) is 1. The molecule has 204 valence electrons. The van der Waals surface area contributed by atoms with Crippen LogP contribution in [0.5, 0.6) is 0 Å². The number of amides is 1. The first kappa shape index (κ1) is 26.0. The van der Waals surface area contributed by atoms with Crippen LogP contribution >= 0.6 is 11.3 Å². The number of fused-ring (bicyclic) bond motifs is 1. The minimum Gasteiger partial charge on any atom is -0.378 e. The molecule has 3 heterocycles. The van der Waals surface area contributed by atoms with Gasteiger partial charge >= 0.3 is 6.18 Å². The molecule has 2 aromatic heterocycles. The van der Waals surface area contributed by atoms with E-state index < -0.39 is 23.8 Å². The van der Waals surface area contributed by atoms with Crippen LogP contribution in [0, 0.1) is 0 Å². The minimum absolute atomic E-state index is 0.0584. The van der Waals surface area contributed by atoms with Gasteiger partial charge in [-0.05, 0) is 85.2 Å². The van der Waals surface area contributed by atoms with Gasteiger partial charge in [-0.1, -0.05) is 18.2 Å². The molecule has 0 unspecified atom stereocenters. The number of carbonyl (C=O) groups excluding carboxylic acids is 1. The van der Waals surface area contributed by atoms with Crippen LogP contribution in [-0.2, 0) is 29.4 Å². The number of hydrogen-bond acceptors (Lipinski definition) is 5. The maximum atomic E-state index is 13.3. The number of aromatic nitrogens is 2. The summed E-state index contributed by atoms with van der Waals surface area (Å²) < 4.78 is 39.4. The summed E-state index contributed by atoms with van der Waals surface area (Å²) in [6.45, 7) is 0.200. The van der Waals surface area contributed by atoms with Gasteiger partial charge in [-0.3, -0.25) is 9.59 Å². The number of hydrogen-bond donors (Lipinski definition) is 2. The van der Waals surface area contributed by atoms with Crippen LogP contribution in [0.2, 0.25) is 0 Å². The van der Waals surface area contributed by atoms with Crippen molar-refractivity contribution in [3.8, 4) is 0 Å². The van der Waals surface area contributed by atoms with Crippen LogP contribution in [-0.4, -0.2) is 32.4 Å². The second-order valence-corrected chi connectivity index (χ2v) is 11.5. The molecule has 0 spiro atoms. The Kier molecular flexibility index (Phi) is 6.50. The molecule has 1 saturated carbocycles. The Morgan fingerprint density at radius 1 is 1.18 bits per heavy atom. The van der Waals surface area contributed by atoms with E-state index in [1.807, 2.05) is 0 Å². The highest BCUT2D eigenvalue weighted by atomic mass is 32.1. The van der Waals surface area contributed by atoms with Crippen molar-refractivity contribution in [1.82, 2.24) is 14.9 Å². The number of aliphatic hydroxyl groups excluding tert-OH is 1. The molecule has 1 aliphatic heterocycles. The number of halogens is 3. The van der Waals surface area contributed by atoms with Gasteiger partial charge in [0.25, 0.3) is 11.5 Å². The Bertz CT molecular complexity index is 1520. The van der Waals surface area contributed by atoms with Gasteiger partial charge in [0.1, 0.15) is 5.82 Å². The lowest BCUT2D eigenvalue weighted by Gasteiger charge is -2.24. The van der Waals surface area contributed by atoms with Gasteiger partial charge in [0, 0.05) is 11.4 Å². The Balaban J connectivity index is 1.24. The summed E-state index contributed by atoms with van der Waals surface area (Å²) in [4.78, 5) is 36.8. The largest absolute Gasteiger partial charge is 0.416 e. The van der Waals surface area contributed by atoms with E-state index in [-0.39, 0.29) is 29.6 Å². The third-order valence-corrected chi connectivity index (χ3v) is 9.19. The lowest BCUT2D eigenvalue weighted by atomic mass is 10.0. The number of nitrogens with zero attached hydrogens (tertiary/aromatic N) is 2. The van der Waals surface area contributed by atoms with E-state index in [4.69, 9.17) is 4.98 Å². The number of benzene rings is 1. The molecule has 0 radical (unpaired) electrons. The quantitative estimate of drug-likeness (QED) is 0.435. The second-order valence-electron chi connectivity index (χ2n) is 10.6. The number of rotatable bonds is 5. The summed E-state index contributed by atoms with van der Waals surface area (Å²) in [7, 11) is 0. The van der Waals surface area contributed by atoms with Crippen LogP contribution in [0.15, 0.2) is 46.6 Å². The zero-order valence-electron chi connectivity index (χ0n) is 21.2. The van der Waals surface area contributed by atoms with E-state index in [9.17, 15) is 27.9 Å². The zero-order chi connectivity index (χ0) is 27.4. The number of alkyl halides is 3. The van der Waals surface area contributed by atoms with Crippen molar-refractivity contribution >= 4 is 22.8 Å². The molecule has 39 heavy (non-hydrogen) atoms. The van der Waals surface area contributed by atoms with Crippen molar-refractivity contribution in [2.45, 2.75) is 69.2 Å². The van der Waals surface area contributed by atoms with Crippen LogP contribution in [0.25, 0.3) is 5.57 Å². The molecule has 3 aromatic rings. The van der Waals surface area contributed by atoms with Crippen LogP contribution in [0.1, 0.15) is 83.3 Å². The smallest absolute Gasteiger partial charge is 0.378 e. The Hall–Kier alpha value is -3.24. The predicted molar refractivity (Wildman–Crippen MR) is 141 cm³/mol. The van der Waals surface area contributed by atoms with E-state index >= 15 is 0 Å². The van der Waals surface area contributed by atoms with Gasteiger partial charge in [-0.15, -0.1) is 11.3 Å². The molecule has 2 aliphatic carbocycles. The fourth-order valence-electron chi connectivity index (χ4n) is 5.65. The first-order valence-corrected chi connectivity index (χ1v) is 14.1. The fourth-order valence-corrected chi connectivity index (χ4v) is 6.85. The average molecular weight is 556 g/mol. The number of aliphatic hydroxyl groups is 1. The van der Waals surface area contributed by atoms with E-state index in [2.05, 4.69) is 22.5 Å². The molecule has 0 bridgehead atoms. The summed E-state index contributed by atoms with van der Waals surface area (Å²) in [5, 5.41) is 12.8. The maximum Gasteiger partial charge on any atom is 0.416 e. The lowest BCUT2D eigenvalue weighted by Crippen LogP contribution is -2.36. The molecule has 6 nitrogen and oxygen atoms in total. The number of H-pyrrole nitrogens is 1. The standard InChI is InChI=1S/C29H28F3N3O3S/c30-29(31,32)20-8-3-7-18(13-20)24(36)26(38)35-12-4-9-22-21(15-35)25(37)34-27(33-22)28(10-11-28)23-14-19(16-39-23)17-5-1-2-6-17/h3,5,7-8,13-14,16,24,36H,1-2,4,6,9-12,15H2,(H,33,34,37)/t24-/m1/s1. The molecule has 6 rings (SSSR count). The van der Waals surface area contributed by atoms with Crippen molar-refractivity contribution in [2.24, 2.45) is 0 Å². The molecule has 0 saturated heterocycles. The Labute approximate surface area is 227 Å². The van der Waals surface area contributed by atoms with Gasteiger partial charge in [0.05, 0.1) is 28.8 Å². The van der Waals surface area contributed by atoms with Crippen LogP contribution < -0.4 is 5.56 Å². The monoisotopic (exact) mass is 555 g/mol. The molecule has 1 amide bonds. The first-order chi connectivity index (χ1) is 18.7. The van der Waals surface area contributed by atoms with Gasteiger partial charge in [0.2, 0.25) is 0 Å². The van der Waals surface area contributed by atoms with Crippen LogP contribution in [0.3, 0.4) is 0 Å². The third-order valence-electron chi connectivity index (χ3n) is 8.05. The summed E-state index contributed by atoms with van der Waals surface area (Å²) in [5.41, 5.74) is 1.95. The van der Waals surface area contributed by atoms with E-state index in [1.54, 1.807) is 11.3 Å². The van der Waals surface area contributed by atoms with Gasteiger partial charge in [-0.2, -0.15) is 13.2 Å². The number of thiophene rings is 1. The first-order valence-electron chi connectivity index (χ1n) is 13.2. The maximum absolute atomic E-state index is 13.3. The summed E-state index contributed by atoms with van der Waals surface area (Å²) in [5.74, 6) is -0.0829. The topological polar surface area (TPSA) is 86.3 Å². The van der Waals surface area contributed by atoms with Crippen LogP contribution in [0.4, 0.5) is 13.2 Å². The van der Waals surface area contributed by atoms with Crippen molar-refractivity contribution in [3.05, 3.63) is 90.8 Å². The highest BCUT2D eigenvalue weighted by Crippen LogP contribution is 2.54. The average Bonchev–Trinajstić information content (AvgIpc) is 3.34. The number of carbonyl (C=O) groups is 1. The lowest BCUT2D eigenvalue weighted by molar-refractivity contribution is -0.142. The minimum atomic E-state index is -4.59. The van der Waals surface area contributed by atoms with Gasteiger partial charge in [-0.25, -0.2) is 4.98 Å². The van der Waals surface area contributed by atoms with Gasteiger partial charge in [0.15, 0.2) is 6.10 Å². The molecule has 10 heteroatoms. The molecular formula is C29H28F3N3O3S. The van der Waals surface area contributed by atoms with Gasteiger partial charge < -0.3 is 15.0 Å². The summed E-state index contributed by atoms with van der Waals surface area (Å²) >= 11 is 1.70. The normalized spacial score (nSPS) is 19.3. The molecular weight excluding hydrogens is 527 g/mol. The SMILES string of the molecule is O=C([C@H](O)c1cccc(C(F)(F)F)c1)N1CCCc2nc(C3(c4cc(C5=CCCC5)cs4)CC3)[nH]c(=O)c2C1. The molecule has 3 aliphatic rings. The fraction of sp³-hybridized carbons (Fsp3) is 0.414. The molecule has 1 atom stereocenters. The predicted octanol–water partition coefficient (Wildman–Crippen LogP) is 5.51. The summed E-state index contributed by atoms with van der Waals surface area (Å²) in [6.07, 6.45) is 2.15. The number of aryl methyl sites for hydroxylation is 1. The molecule has 2 N–H and O–H groups in total. The zero-order valence-corrected chi connectivity index (χ0v) is 22.0. The summed E-state index contributed by atoms with van der Waals surface area (Å²) in [6, 6.07) is 6.36.